The molecule has 4 nitrogen and oxygen atoms in total. The molecule has 1 aromatic heterocycles. The second-order valence-corrected chi connectivity index (χ2v) is 7.75. The molecular formula is C17H14BrCl2N3O. The van der Waals surface area contributed by atoms with Gasteiger partial charge in [-0.05, 0) is 70.6 Å². The van der Waals surface area contributed by atoms with E-state index in [1.54, 1.807) is 18.2 Å². The fraction of sp³-hybridized carbons (Fsp3) is 0.294. The Kier molecular flexibility index (Phi) is 4.19. The summed E-state index contributed by atoms with van der Waals surface area (Å²) in [5.74, 6) is 0. The first-order chi connectivity index (χ1) is 11.5. The van der Waals surface area contributed by atoms with Crippen molar-refractivity contribution >= 4 is 50.9 Å². The molecule has 1 saturated heterocycles. The molecule has 2 bridgehead atoms. The second kappa shape index (κ2) is 6.21. The van der Waals surface area contributed by atoms with Crippen molar-refractivity contribution in [1.82, 2.24) is 9.88 Å². The second-order valence-electron chi connectivity index (χ2n) is 6.12. The number of nitrogens with one attached hydrogen (secondary N) is 1. The zero-order valence-corrected chi connectivity index (χ0v) is 15.7. The quantitative estimate of drug-likeness (QED) is 0.616. The lowest BCUT2D eigenvalue weighted by Crippen LogP contribution is -2.44. The van der Waals surface area contributed by atoms with Crippen molar-refractivity contribution in [2.45, 2.75) is 31.3 Å². The highest BCUT2D eigenvalue weighted by atomic mass is 79.9. The molecule has 2 aliphatic rings. The molecule has 2 amide bonds. The van der Waals surface area contributed by atoms with Crippen LogP contribution < -0.4 is 5.32 Å². The number of rotatable bonds is 1. The Morgan fingerprint density at radius 3 is 2.88 bits per heavy atom. The lowest BCUT2D eigenvalue weighted by atomic mass is 9.95. The van der Waals surface area contributed by atoms with Gasteiger partial charge in [-0.1, -0.05) is 23.2 Å². The van der Waals surface area contributed by atoms with E-state index < -0.39 is 0 Å². The number of carbonyl (C=O) groups excluding carboxylic acids is 1. The van der Waals surface area contributed by atoms with Crippen LogP contribution in [0.3, 0.4) is 0 Å². The first-order valence-electron chi connectivity index (χ1n) is 7.71. The van der Waals surface area contributed by atoms with Crippen molar-refractivity contribution in [3.8, 4) is 0 Å². The van der Waals surface area contributed by atoms with Gasteiger partial charge in [0, 0.05) is 17.9 Å². The average Bonchev–Trinajstić information content (AvgIpc) is 2.86. The van der Waals surface area contributed by atoms with E-state index in [0.29, 0.717) is 15.7 Å². The number of benzene rings is 1. The molecule has 2 aliphatic heterocycles. The minimum Gasteiger partial charge on any atom is -0.314 e. The molecule has 0 aliphatic carbocycles. The zero-order chi connectivity index (χ0) is 16.8. The number of hydrogen-bond acceptors (Lipinski definition) is 2. The maximum Gasteiger partial charge on any atom is 0.322 e. The van der Waals surface area contributed by atoms with Gasteiger partial charge < -0.3 is 10.2 Å². The highest BCUT2D eigenvalue weighted by Crippen LogP contribution is 2.44. The van der Waals surface area contributed by atoms with E-state index in [2.05, 4.69) is 32.3 Å². The summed E-state index contributed by atoms with van der Waals surface area (Å²) in [4.78, 5) is 19.1. The Hall–Kier alpha value is -1.30. The molecule has 0 saturated carbocycles. The minimum absolute atomic E-state index is 0.0853. The lowest BCUT2D eigenvalue weighted by molar-refractivity contribution is 0.179. The van der Waals surface area contributed by atoms with Gasteiger partial charge in [0.15, 0.2) is 0 Å². The number of hydrogen-bond donors (Lipinski definition) is 1. The van der Waals surface area contributed by atoms with Crippen LogP contribution in [-0.2, 0) is 6.42 Å². The monoisotopic (exact) mass is 425 g/mol. The molecular weight excluding hydrogens is 413 g/mol. The number of urea groups is 1. The van der Waals surface area contributed by atoms with Gasteiger partial charge in [-0.2, -0.15) is 0 Å². The molecule has 4 rings (SSSR count). The van der Waals surface area contributed by atoms with E-state index in [-0.39, 0.29) is 18.1 Å². The Morgan fingerprint density at radius 2 is 2.08 bits per heavy atom. The summed E-state index contributed by atoms with van der Waals surface area (Å²) < 4.78 is 0.842. The van der Waals surface area contributed by atoms with Crippen molar-refractivity contribution in [2.75, 3.05) is 5.32 Å². The third-order valence-corrected chi connectivity index (χ3v) is 5.89. The first kappa shape index (κ1) is 16.2. The summed E-state index contributed by atoms with van der Waals surface area (Å²) in [7, 11) is 0. The zero-order valence-electron chi connectivity index (χ0n) is 12.6. The van der Waals surface area contributed by atoms with E-state index in [9.17, 15) is 4.79 Å². The fourth-order valence-corrected chi connectivity index (χ4v) is 4.34. The maximum absolute atomic E-state index is 12.8. The Balaban J connectivity index is 1.59. The fourth-order valence-electron chi connectivity index (χ4n) is 3.67. The van der Waals surface area contributed by atoms with Crippen LogP contribution in [0, 0.1) is 0 Å². The van der Waals surface area contributed by atoms with Crippen molar-refractivity contribution in [3.05, 3.63) is 56.2 Å². The van der Waals surface area contributed by atoms with Gasteiger partial charge in [-0.15, -0.1) is 0 Å². The van der Waals surface area contributed by atoms with Crippen LogP contribution in [0.15, 0.2) is 35.1 Å². The van der Waals surface area contributed by atoms with Gasteiger partial charge in [-0.25, -0.2) is 9.78 Å². The van der Waals surface area contributed by atoms with Crippen LogP contribution in [0.25, 0.3) is 0 Å². The van der Waals surface area contributed by atoms with Crippen molar-refractivity contribution in [3.63, 3.8) is 0 Å². The molecule has 24 heavy (non-hydrogen) atoms. The molecule has 0 spiro atoms. The molecule has 1 aromatic carbocycles. The number of nitrogens with zero attached hydrogens (tertiary/aromatic N) is 2. The molecule has 124 valence electrons. The molecule has 1 N–H and O–H groups in total. The van der Waals surface area contributed by atoms with Gasteiger partial charge >= 0.3 is 6.03 Å². The van der Waals surface area contributed by atoms with E-state index in [0.717, 1.165) is 29.4 Å². The number of aromatic nitrogens is 1. The summed E-state index contributed by atoms with van der Waals surface area (Å²) in [5, 5.41) is 3.83. The molecule has 0 radical (unpaired) electrons. The lowest BCUT2D eigenvalue weighted by Gasteiger charge is -2.36. The number of anilines is 1. The highest BCUT2D eigenvalue weighted by molar-refractivity contribution is 9.10. The summed E-state index contributed by atoms with van der Waals surface area (Å²) in [6.07, 6.45) is 4.72. The molecule has 2 aromatic rings. The third-order valence-electron chi connectivity index (χ3n) is 4.71. The largest absolute Gasteiger partial charge is 0.322 e. The predicted molar refractivity (Wildman–Crippen MR) is 98.7 cm³/mol. The van der Waals surface area contributed by atoms with Crippen molar-refractivity contribution < 1.29 is 4.79 Å². The standard InChI is InChI=1S/C17H14BrCl2N3O/c18-16-6-9-5-11-2-4-15(12(9)8-21-16)23(11)17(24)22-10-1-3-13(19)14(20)7-10/h1,3,6-8,11,15H,2,4-5H2,(H,22,24). The van der Waals surface area contributed by atoms with E-state index in [1.807, 2.05) is 11.1 Å². The van der Waals surface area contributed by atoms with Crippen LogP contribution in [0.1, 0.15) is 30.0 Å². The predicted octanol–water partition coefficient (Wildman–Crippen LogP) is 5.44. The van der Waals surface area contributed by atoms with E-state index in [4.69, 9.17) is 23.2 Å². The van der Waals surface area contributed by atoms with Crippen LogP contribution >= 0.6 is 39.1 Å². The molecule has 2 unspecified atom stereocenters. The number of amides is 2. The van der Waals surface area contributed by atoms with Crippen LogP contribution in [0.2, 0.25) is 10.0 Å². The van der Waals surface area contributed by atoms with Gasteiger partial charge in [0.25, 0.3) is 0 Å². The third kappa shape index (κ3) is 2.79. The van der Waals surface area contributed by atoms with Crippen LogP contribution in [-0.4, -0.2) is 22.0 Å². The van der Waals surface area contributed by atoms with Gasteiger partial charge in [0.1, 0.15) is 4.60 Å². The summed E-state index contributed by atoms with van der Waals surface area (Å²) in [6.45, 7) is 0. The number of carbonyl (C=O) groups is 1. The Labute approximate surface area is 158 Å². The minimum atomic E-state index is -0.102. The Morgan fingerprint density at radius 1 is 1.25 bits per heavy atom. The van der Waals surface area contributed by atoms with Gasteiger partial charge in [-0.3, -0.25) is 0 Å². The van der Waals surface area contributed by atoms with E-state index >= 15 is 0 Å². The average molecular weight is 427 g/mol. The van der Waals surface area contributed by atoms with Crippen LogP contribution in [0.5, 0.6) is 0 Å². The summed E-state index contributed by atoms with van der Waals surface area (Å²) in [5.41, 5.74) is 3.08. The van der Waals surface area contributed by atoms with Gasteiger partial charge in [0.2, 0.25) is 0 Å². The molecule has 1 fully saturated rings. The maximum atomic E-state index is 12.8. The van der Waals surface area contributed by atoms with Gasteiger partial charge in [0.05, 0.1) is 16.1 Å². The Bertz CT molecular complexity index is 829. The van der Waals surface area contributed by atoms with Crippen molar-refractivity contribution in [1.29, 1.82) is 0 Å². The molecule has 2 atom stereocenters. The first-order valence-corrected chi connectivity index (χ1v) is 9.26. The topological polar surface area (TPSA) is 45.2 Å². The van der Waals surface area contributed by atoms with Crippen LogP contribution in [0.4, 0.5) is 10.5 Å². The summed E-state index contributed by atoms with van der Waals surface area (Å²) >= 11 is 15.4. The number of fused-ring (bicyclic) bond motifs is 4. The SMILES string of the molecule is O=C(Nc1ccc(Cl)c(Cl)c1)N1C2CCC1c1cnc(Br)cc1C2. The summed E-state index contributed by atoms with van der Waals surface area (Å²) in [6, 6.07) is 7.37. The van der Waals surface area contributed by atoms with Crippen molar-refractivity contribution in [2.24, 2.45) is 0 Å². The molecule has 3 heterocycles. The highest BCUT2D eigenvalue weighted by Gasteiger charge is 2.42. The number of halogens is 3. The number of pyridine rings is 1. The molecule has 7 heteroatoms. The smallest absolute Gasteiger partial charge is 0.314 e. The van der Waals surface area contributed by atoms with E-state index in [1.165, 1.54) is 5.56 Å². The normalized spacial score (nSPS) is 21.5.